The maximum Gasteiger partial charge on any atom is 0.274 e. The summed E-state index contributed by atoms with van der Waals surface area (Å²) in [5.74, 6) is 0.938. The molecule has 2 fully saturated rings. The number of aromatic amines is 1. The van der Waals surface area contributed by atoms with Gasteiger partial charge in [0, 0.05) is 31.7 Å². The highest BCUT2D eigenvalue weighted by molar-refractivity contribution is 5.94. The molecular weight excluding hydrogens is 330 g/mol. The number of amides is 1. The van der Waals surface area contributed by atoms with Gasteiger partial charge in [-0.05, 0) is 25.8 Å². The van der Waals surface area contributed by atoms with Gasteiger partial charge in [0.25, 0.3) is 5.91 Å². The second kappa shape index (κ2) is 5.76. The van der Waals surface area contributed by atoms with Crippen molar-refractivity contribution in [3.8, 4) is 0 Å². The third kappa shape index (κ3) is 2.25. The Hall–Kier alpha value is -3.03. The average Bonchev–Trinajstić information content (AvgIpc) is 3.23. The summed E-state index contributed by atoms with van der Waals surface area (Å²) in [5.41, 5.74) is 1.99. The second-order valence-corrected chi connectivity index (χ2v) is 6.93. The highest BCUT2D eigenvalue weighted by Crippen LogP contribution is 2.34. The van der Waals surface area contributed by atoms with E-state index < -0.39 is 0 Å². The summed E-state index contributed by atoms with van der Waals surface area (Å²) in [6, 6.07) is 2.35. The van der Waals surface area contributed by atoms with Crippen LogP contribution < -0.4 is 4.90 Å². The molecule has 0 aromatic carbocycles. The van der Waals surface area contributed by atoms with Crippen LogP contribution in [0.1, 0.15) is 29.0 Å². The number of hydrogen-bond acceptors (Lipinski definition) is 6. The topological polar surface area (TPSA) is 90.9 Å². The number of carbonyl (C=O) groups excluding carboxylic acids is 1. The van der Waals surface area contributed by atoms with E-state index in [0.717, 1.165) is 42.8 Å². The monoisotopic (exact) mass is 349 g/mol. The van der Waals surface area contributed by atoms with Gasteiger partial charge in [0.1, 0.15) is 23.5 Å². The maximum absolute atomic E-state index is 13.1. The Balaban J connectivity index is 1.44. The summed E-state index contributed by atoms with van der Waals surface area (Å²) < 4.78 is 0. The molecule has 1 N–H and O–H groups in total. The molecule has 26 heavy (non-hydrogen) atoms. The van der Waals surface area contributed by atoms with E-state index in [-0.39, 0.29) is 18.0 Å². The lowest BCUT2D eigenvalue weighted by Crippen LogP contribution is -2.56. The van der Waals surface area contributed by atoms with E-state index >= 15 is 0 Å². The molecule has 2 aliphatic heterocycles. The molecule has 132 valence electrons. The molecule has 5 heterocycles. The quantitative estimate of drug-likeness (QED) is 0.755. The van der Waals surface area contributed by atoms with Gasteiger partial charge in [-0.25, -0.2) is 15.0 Å². The van der Waals surface area contributed by atoms with Crippen LogP contribution in [0.2, 0.25) is 0 Å². The van der Waals surface area contributed by atoms with Crippen molar-refractivity contribution in [3.05, 3.63) is 42.4 Å². The zero-order valence-electron chi connectivity index (χ0n) is 14.5. The second-order valence-electron chi connectivity index (χ2n) is 6.93. The number of anilines is 1. The van der Waals surface area contributed by atoms with Crippen LogP contribution in [0.25, 0.3) is 11.0 Å². The molecule has 8 heteroatoms. The lowest BCUT2D eigenvalue weighted by molar-refractivity contribution is 0.0633. The highest BCUT2D eigenvalue weighted by Gasteiger charge is 2.44. The van der Waals surface area contributed by atoms with Gasteiger partial charge in [-0.2, -0.15) is 0 Å². The predicted octanol–water partition coefficient (Wildman–Crippen LogP) is 1.55. The van der Waals surface area contributed by atoms with Crippen LogP contribution >= 0.6 is 0 Å². The number of nitrogens with one attached hydrogen (secondary N) is 1. The molecule has 0 saturated carbocycles. The van der Waals surface area contributed by atoms with E-state index in [1.54, 1.807) is 18.7 Å². The lowest BCUT2D eigenvalue weighted by atomic mass is 10.1. The Labute approximate surface area is 150 Å². The van der Waals surface area contributed by atoms with E-state index in [2.05, 4.69) is 29.8 Å². The summed E-state index contributed by atoms with van der Waals surface area (Å²) in [6.07, 6.45) is 8.70. The van der Waals surface area contributed by atoms with Crippen LogP contribution in [0.15, 0.2) is 31.0 Å². The Morgan fingerprint density at radius 1 is 1.12 bits per heavy atom. The van der Waals surface area contributed by atoms with Crippen LogP contribution in [-0.4, -0.2) is 60.9 Å². The Morgan fingerprint density at radius 3 is 2.65 bits per heavy atom. The third-order valence-electron chi connectivity index (χ3n) is 5.43. The molecule has 2 atom stereocenters. The fourth-order valence-corrected chi connectivity index (χ4v) is 4.26. The number of aromatic nitrogens is 5. The first-order valence-corrected chi connectivity index (χ1v) is 8.85. The van der Waals surface area contributed by atoms with Gasteiger partial charge in [-0.15, -0.1) is 0 Å². The van der Waals surface area contributed by atoms with Crippen LogP contribution in [-0.2, 0) is 0 Å². The number of nitrogens with zero attached hydrogens (tertiary/aromatic N) is 6. The van der Waals surface area contributed by atoms with Crippen LogP contribution in [0.5, 0.6) is 0 Å². The molecule has 0 unspecified atom stereocenters. The van der Waals surface area contributed by atoms with Gasteiger partial charge in [0.15, 0.2) is 0 Å². The van der Waals surface area contributed by atoms with E-state index in [1.807, 2.05) is 24.1 Å². The number of carbonyl (C=O) groups is 1. The summed E-state index contributed by atoms with van der Waals surface area (Å²) >= 11 is 0. The average molecular weight is 349 g/mol. The number of hydrogen-bond donors (Lipinski definition) is 1. The van der Waals surface area contributed by atoms with Gasteiger partial charge in [0.2, 0.25) is 0 Å². The zero-order chi connectivity index (χ0) is 17.7. The minimum absolute atomic E-state index is 0.00257. The standard InChI is InChI=1S/C18H19N7O/c1-11-15(20-7-6-19-11)18(26)25-12-2-3-13(25)9-24(8-12)17-14-4-5-21-16(14)22-10-23-17/h4-7,10,12-13H,2-3,8-9H2,1H3,(H,21,22,23)/t12-,13+. The van der Waals surface area contributed by atoms with Crippen LogP contribution in [0.3, 0.4) is 0 Å². The molecule has 3 aromatic heterocycles. The van der Waals surface area contributed by atoms with Crippen molar-refractivity contribution in [2.45, 2.75) is 31.8 Å². The van der Waals surface area contributed by atoms with Gasteiger partial charge in [-0.3, -0.25) is 9.78 Å². The first-order valence-electron chi connectivity index (χ1n) is 8.85. The maximum atomic E-state index is 13.1. The zero-order valence-corrected chi connectivity index (χ0v) is 14.5. The molecular formula is C18H19N7O. The van der Waals surface area contributed by atoms with Crippen molar-refractivity contribution < 1.29 is 4.79 Å². The van der Waals surface area contributed by atoms with Gasteiger partial charge in [0.05, 0.1) is 23.2 Å². The fraction of sp³-hybridized carbons (Fsp3) is 0.389. The molecule has 5 rings (SSSR count). The molecule has 0 aliphatic carbocycles. The van der Waals surface area contributed by atoms with E-state index in [4.69, 9.17) is 0 Å². The molecule has 1 amide bonds. The van der Waals surface area contributed by atoms with Gasteiger partial charge >= 0.3 is 0 Å². The predicted molar refractivity (Wildman–Crippen MR) is 95.9 cm³/mol. The summed E-state index contributed by atoms with van der Waals surface area (Å²) in [5, 5.41) is 1.02. The Morgan fingerprint density at radius 2 is 1.88 bits per heavy atom. The minimum atomic E-state index is -0.00257. The van der Waals surface area contributed by atoms with E-state index in [1.165, 1.54) is 0 Å². The molecule has 0 radical (unpaired) electrons. The largest absolute Gasteiger partial charge is 0.352 e. The molecule has 2 bridgehead atoms. The van der Waals surface area contributed by atoms with Crippen molar-refractivity contribution in [2.24, 2.45) is 0 Å². The lowest BCUT2D eigenvalue weighted by Gasteiger charge is -2.41. The molecule has 3 aromatic rings. The van der Waals surface area contributed by atoms with Crippen molar-refractivity contribution >= 4 is 22.8 Å². The number of fused-ring (bicyclic) bond motifs is 3. The highest BCUT2D eigenvalue weighted by atomic mass is 16.2. The first kappa shape index (κ1) is 15.2. The van der Waals surface area contributed by atoms with Crippen molar-refractivity contribution in [3.63, 3.8) is 0 Å². The van der Waals surface area contributed by atoms with Gasteiger partial charge in [-0.1, -0.05) is 0 Å². The summed E-state index contributed by atoms with van der Waals surface area (Å²) in [7, 11) is 0. The summed E-state index contributed by atoms with van der Waals surface area (Å²) in [6.45, 7) is 3.39. The van der Waals surface area contributed by atoms with Crippen molar-refractivity contribution in [2.75, 3.05) is 18.0 Å². The normalized spacial score (nSPS) is 22.2. The number of piperazine rings is 1. The summed E-state index contributed by atoms with van der Waals surface area (Å²) in [4.78, 5) is 37.8. The fourth-order valence-electron chi connectivity index (χ4n) is 4.26. The number of rotatable bonds is 2. The van der Waals surface area contributed by atoms with Crippen molar-refractivity contribution in [1.29, 1.82) is 0 Å². The molecule has 0 spiro atoms. The van der Waals surface area contributed by atoms with Gasteiger partial charge < -0.3 is 14.8 Å². The SMILES string of the molecule is Cc1nccnc1C(=O)N1[C@@H]2CC[C@H]1CN(c1ncnc3[nH]ccc13)C2. The molecule has 2 saturated heterocycles. The minimum Gasteiger partial charge on any atom is -0.352 e. The molecule has 8 nitrogen and oxygen atoms in total. The number of aryl methyl sites for hydroxylation is 1. The Kier molecular flexibility index (Phi) is 3.37. The number of H-pyrrole nitrogens is 1. The van der Waals surface area contributed by atoms with E-state index in [0.29, 0.717) is 11.4 Å². The smallest absolute Gasteiger partial charge is 0.274 e. The van der Waals surface area contributed by atoms with Crippen LogP contribution in [0, 0.1) is 6.92 Å². The Bertz CT molecular complexity index is 970. The van der Waals surface area contributed by atoms with Crippen LogP contribution in [0.4, 0.5) is 5.82 Å². The molecule has 2 aliphatic rings. The first-order chi connectivity index (χ1) is 12.7. The van der Waals surface area contributed by atoms with Crippen molar-refractivity contribution in [1.82, 2.24) is 29.8 Å². The third-order valence-corrected chi connectivity index (χ3v) is 5.43. The van der Waals surface area contributed by atoms with E-state index in [9.17, 15) is 4.79 Å².